The third-order valence-corrected chi connectivity index (χ3v) is 11.1. The number of phenols is 1. The molecule has 0 unspecified atom stereocenters. The van der Waals surface area contributed by atoms with Crippen molar-refractivity contribution in [2.75, 3.05) is 0 Å². The third-order valence-electron chi connectivity index (χ3n) is 9.33. The summed E-state index contributed by atoms with van der Waals surface area (Å²) in [4.78, 5) is -0.913. The normalized spacial score (nSPS) is 11.3. The molecule has 0 saturated carbocycles. The van der Waals surface area contributed by atoms with E-state index >= 15 is 0 Å². The molecule has 0 fully saturated rings. The van der Waals surface area contributed by atoms with Crippen molar-refractivity contribution < 1.29 is 45.6 Å². The Balaban J connectivity index is 0.000000387. The van der Waals surface area contributed by atoms with E-state index in [4.69, 9.17) is 9.47 Å². The Morgan fingerprint density at radius 2 is 0.912 bits per heavy atom. The van der Waals surface area contributed by atoms with E-state index in [0.717, 1.165) is 56.0 Å². The Hall–Kier alpha value is -2.84. The van der Waals surface area contributed by atoms with Gasteiger partial charge in [-0.3, -0.25) is 4.55 Å². The summed E-state index contributed by atoms with van der Waals surface area (Å²) in [5.74, 6) is -0.0931. The zero-order valence-electron chi connectivity index (χ0n) is 33.5. The Morgan fingerprint density at radius 3 is 1.32 bits per heavy atom. The van der Waals surface area contributed by atoms with E-state index in [1.54, 1.807) is 24.3 Å². The number of phenolic OH excluding ortho intramolecular Hbond substituents is 1. The molecule has 0 bridgehead atoms. The van der Waals surface area contributed by atoms with Crippen LogP contribution in [-0.2, 0) is 33.1 Å². The fourth-order valence-corrected chi connectivity index (χ4v) is 7.37. The smallest absolute Gasteiger partial charge is 0.872 e. The first-order valence-electron chi connectivity index (χ1n) is 19.9. The Morgan fingerprint density at radius 1 is 0.526 bits per heavy atom. The Kier molecular flexibility index (Phi) is 23.8. The first-order valence-corrected chi connectivity index (χ1v) is 22.8. The van der Waals surface area contributed by atoms with Gasteiger partial charge in [-0.2, -0.15) is 8.42 Å². The van der Waals surface area contributed by atoms with Gasteiger partial charge < -0.3 is 24.2 Å². The average Bonchev–Trinajstić information content (AvgIpc) is 3.14. The van der Waals surface area contributed by atoms with Crippen LogP contribution in [-0.4, -0.2) is 68.8 Å². The predicted octanol–water partition coefficient (Wildman–Crippen LogP) is 10.9. The van der Waals surface area contributed by atoms with Crippen LogP contribution in [0.2, 0.25) is 0 Å². The average molecular weight is 851 g/mol. The van der Waals surface area contributed by atoms with Crippen molar-refractivity contribution in [2.24, 2.45) is 0 Å². The van der Waals surface area contributed by atoms with Crippen molar-refractivity contribution in [3.8, 4) is 34.5 Å². The van der Waals surface area contributed by atoms with E-state index < -0.39 is 30.9 Å². The largest absolute Gasteiger partial charge is 2.00 e. The van der Waals surface area contributed by atoms with Gasteiger partial charge in [0.05, 0.1) is 4.90 Å². The molecule has 0 spiro atoms. The van der Waals surface area contributed by atoms with Crippen LogP contribution in [0.3, 0.4) is 0 Å². The second kappa shape index (κ2) is 27.0. The molecule has 4 rings (SSSR count). The predicted molar refractivity (Wildman–Crippen MR) is 223 cm³/mol. The SMILES string of the molecule is CCCCCCCCCCc1ccc(Oc2cc(O)ccc2S(=O)(=O)O)cc1.CCCCCCCCCCc1ccc(Oc2cc([O-])ccc2S(=O)(=O)[O-])cc1.[Ca+2]. The fourth-order valence-electron chi connectivity index (χ4n) is 6.19. The van der Waals surface area contributed by atoms with Gasteiger partial charge in [0.1, 0.15) is 38.0 Å². The Bertz CT molecular complexity index is 1810. The summed E-state index contributed by atoms with van der Waals surface area (Å²) in [6.45, 7) is 4.45. The van der Waals surface area contributed by atoms with Crippen LogP contribution >= 0.6 is 0 Å². The van der Waals surface area contributed by atoms with E-state index in [0.29, 0.717) is 11.5 Å². The molecule has 0 amide bonds. The maximum atomic E-state index is 11.5. The van der Waals surface area contributed by atoms with Gasteiger partial charge in [0, 0.05) is 6.07 Å². The first kappa shape index (κ1) is 50.3. The maximum absolute atomic E-state index is 11.5. The number of rotatable bonds is 24. The molecule has 10 nitrogen and oxygen atoms in total. The van der Waals surface area contributed by atoms with E-state index in [9.17, 15) is 36.2 Å². The summed E-state index contributed by atoms with van der Waals surface area (Å²) < 4.78 is 77.2. The molecule has 0 aliphatic heterocycles. The van der Waals surface area contributed by atoms with Crippen LogP contribution in [0.15, 0.2) is 94.7 Å². The number of benzene rings is 4. The topological polar surface area (TPSA) is 173 Å². The number of hydrogen-bond donors (Lipinski definition) is 2. The van der Waals surface area contributed by atoms with Gasteiger partial charge in [0.15, 0.2) is 5.75 Å². The minimum Gasteiger partial charge on any atom is -0.872 e. The van der Waals surface area contributed by atoms with Gasteiger partial charge >= 0.3 is 37.7 Å². The molecule has 0 atom stereocenters. The summed E-state index contributed by atoms with van der Waals surface area (Å²) in [6.07, 6.45) is 22.4. The fraction of sp³-hybridized carbons (Fsp3) is 0.455. The summed E-state index contributed by atoms with van der Waals surface area (Å²) in [5, 5.41) is 21.1. The monoisotopic (exact) mass is 850 g/mol. The van der Waals surface area contributed by atoms with Crippen molar-refractivity contribution in [3.05, 3.63) is 96.1 Å². The second-order valence-corrected chi connectivity index (χ2v) is 16.8. The zero-order chi connectivity index (χ0) is 40.8. The molecule has 4 aromatic carbocycles. The quantitative estimate of drug-likeness (QED) is 0.0392. The van der Waals surface area contributed by atoms with Crippen LogP contribution in [0.1, 0.15) is 128 Å². The van der Waals surface area contributed by atoms with Gasteiger partial charge in [-0.1, -0.05) is 134 Å². The van der Waals surface area contributed by atoms with Crippen LogP contribution in [0.25, 0.3) is 0 Å². The zero-order valence-corrected chi connectivity index (χ0v) is 37.3. The number of ether oxygens (including phenoxy) is 2. The number of unbranched alkanes of at least 4 members (excludes halogenated alkanes) is 14. The van der Waals surface area contributed by atoms with Gasteiger partial charge in [-0.05, 0) is 85.3 Å². The molecule has 0 radical (unpaired) electrons. The van der Waals surface area contributed by atoms with Gasteiger partial charge in [0.25, 0.3) is 10.1 Å². The van der Waals surface area contributed by atoms with Gasteiger partial charge in [-0.25, -0.2) is 8.42 Å². The summed E-state index contributed by atoms with van der Waals surface area (Å²) in [6, 6.07) is 21.2. The minimum atomic E-state index is -4.72. The summed E-state index contributed by atoms with van der Waals surface area (Å²) in [5.41, 5.74) is 2.37. The maximum Gasteiger partial charge on any atom is 2.00 e. The van der Waals surface area contributed by atoms with Crippen LogP contribution in [0.5, 0.6) is 34.5 Å². The van der Waals surface area contributed by atoms with Crippen LogP contribution in [0.4, 0.5) is 0 Å². The molecule has 308 valence electrons. The van der Waals surface area contributed by atoms with E-state index in [-0.39, 0.29) is 59.9 Å². The van der Waals surface area contributed by atoms with Gasteiger partial charge in [0.2, 0.25) is 0 Å². The molecule has 0 aromatic heterocycles. The molecular weight excluding hydrogens is 793 g/mol. The first-order chi connectivity index (χ1) is 26.8. The second-order valence-electron chi connectivity index (χ2n) is 14.1. The van der Waals surface area contributed by atoms with E-state index in [2.05, 4.69) is 13.8 Å². The molecule has 2 N–H and O–H groups in total. The van der Waals surface area contributed by atoms with Crippen molar-refractivity contribution >= 4 is 58.0 Å². The summed E-state index contributed by atoms with van der Waals surface area (Å²) >= 11 is 0. The standard InChI is InChI=1S/2C22H30O5S.Ca/c2*1-2-3-4-5-6-7-8-9-10-18-11-14-20(15-12-18)27-21-17-19(23)13-16-22(21)28(24,25)26;/h2*11-17,23H,2-10H2,1H3,(H,24,25,26);/q;;+2/p-2. The summed E-state index contributed by atoms with van der Waals surface area (Å²) in [7, 11) is -9.16. The van der Waals surface area contributed by atoms with E-state index in [1.807, 2.05) is 24.3 Å². The van der Waals surface area contributed by atoms with E-state index in [1.165, 1.54) is 107 Å². The van der Waals surface area contributed by atoms with Crippen molar-refractivity contribution in [3.63, 3.8) is 0 Å². The third kappa shape index (κ3) is 20.1. The minimum absolute atomic E-state index is 0. The molecule has 13 heteroatoms. The molecular formula is C44H58CaO10S2. The molecule has 0 heterocycles. The number of aryl methyl sites for hydroxylation is 2. The molecule has 0 aliphatic rings. The molecule has 0 saturated heterocycles. The van der Waals surface area contributed by atoms with Crippen LogP contribution < -0.4 is 14.6 Å². The van der Waals surface area contributed by atoms with Crippen LogP contribution in [0, 0.1) is 0 Å². The van der Waals surface area contributed by atoms with Crippen molar-refractivity contribution in [1.29, 1.82) is 0 Å². The molecule has 57 heavy (non-hydrogen) atoms. The van der Waals surface area contributed by atoms with Gasteiger partial charge in [-0.15, -0.1) is 5.75 Å². The molecule has 0 aliphatic carbocycles. The number of hydrogen-bond acceptors (Lipinski definition) is 9. The molecule has 4 aromatic rings. The Labute approximate surface area is 370 Å². The number of aromatic hydroxyl groups is 1. The van der Waals surface area contributed by atoms with Crippen molar-refractivity contribution in [1.82, 2.24) is 0 Å². The van der Waals surface area contributed by atoms with Crippen molar-refractivity contribution in [2.45, 2.75) is 139 Å².